The second-order valence-corrected chi connectivity index (χ2v) is 14.1. The maximum absolute atomic E-state index is 15.4. The highest BCUT2D eigenvalue weighted by Gasteiger charge is 2.46. The van der Waals surface area contributed by atoms with Gasteiger partial charge in [0.15, 0.2) is 5.65 Å². The fraction of sp³-hybridized carbons (Fsp3) is 0.308. The Balaban J connectivity index is 0.883. The number of imidazole rings is 1. The van der Waals surface area contributed by atoms with Gasteiger partial charge in [-0.3, -0.25) is 34.3 Å². The van der Waals surface area contributed by atoms with E-state index in [-0.39, 0.29) is 35.8 Å². The Morgan fingerprint density at radius 2 is 1.65 bits per heavy atom. The largest absolute Gasteiger partial charge is 0.354 e. The molecule has 1 unspecified atom stereocenters. The number of hydrogen-bond acceptors (Lipinski definition) is 10. The van der Waals surface area contributed by atoms with Crippen molar-refractivity contribution >= 4 is 40.9 Å². The lowest BCUT2D eigenvalue weighted by Crippen LogP contribution is -2.54. The number of nitrogens with zero attached hydrogens (tertiary/aromatic N) is 8. The zero-order chi connectivity index (χ0) is 37.1. The van der Waals surface area contributed by atoms with Gasteiger partial charge in [-0.25, -0.2) is 23.3 Å². The molecule has 3 fully saturated rings. The van der Waals surface area contributed by atoms with Crippen molar-refractivity contribution in [3.05, 3.63) is 107 Å². The van der Waals surface area contributed by atoms with Crippen LogP contribution >= 0.6 is 0 Å². The molecule has 274 valence electrons. The molecular weight excluding hydrogens is 696 g/mol. The molecule has 4 amide bonds. The lowest BCUT2D eigenvalue weighted by atomic mass is 10.0. The maximum atomic E-state index is 15.4. The molecule has 54 heavy (non-hydrogen) atoms. The molecule has 4 aliphatic heterocycles. The summed E-state index contributed by atoms with van der Waals surface area (Å²) in [5, 5.41) is 7.14. The Morgan fingerprint density at radius 1 is 0.815 bits per heavy atom. The van der Waals surface area contributed by atoms with Crippen LogP contribution in [0.4, 0.5) is 20.4 Å². The smallest absolute Gasteiger partial charge is 0.265 e. The molecular formula is C39H35F2N9O4. The monoisotopic (exact) mass is 731 g/mol. The minimum Gasteiger partial charge on any atom is -0.354 e. The Morgan fingerprint density at radius 3 is 2.46 bits per heavy atom. The molecule has 0 spiro atoms. The summed E-state index contributed by atoms with van der Waals surface area (Å²) in [4.78, 5) is 67.3. The van der Waals surface area contributed by atoms with Gasteiger partial charge in [-0.05, 0) is 78.9 Å². The van der Waals surface area contributed by atoms with E-state index in [1.165, 1.54) is 18.2 Å². The molecule has 9 rings (SSSR count). The number of imide groups is 2. The van der Waals surface area contributed by atoms with Crippen LogP contribution < -0.4 is 15.1 Å². The predicted octanol–water partition coefficient (Wildman–Crippen LogP) is 4.13. The first-order valence-corrected chi connectivity index (χ1v) is 18.1. The molecule has 0 bridgehead atoms. The molecule has 4 aliphatic rings. The van der Waals surface area contributed by atoms with Crippen LogP contribution in [0.25, 0.3) is 17.0 Å². The summed E-state index contributed by atoms with van der Waals surface area (Å²) in [6.45, 7) is 3.75. The number of carbonyl (C=O) groups excluding carboxylic acids is 4. The highest BCUT2D eigenvalue weighted by Crippen LogP contribution is 2.36. The number of halogens is 2. The lowest BCUT2D eigenvalue weighted by molar-refractivity contribution is -0.136. The third kappa shape index (κ3) is 5.93. The Hall–Kier alpha value is -6.09. The molecule has 5 aromatic rings. The highest BCUT2D eigenvalue weighted by molar-refractivity contribution is 6.23. The maximum Gasteiger partial charge on any atom is 0.265 e. The SMILES string of the molecule is O=C1CCC(N2C(=O)c3cc(CN4CCN(c5cccc(-c6cnc7ccc(N8CCC[C@@H]8c8cccc(F)c8)nn67)n5)CC4)cc(F)c3C2=O)C(=O)N1. The summed E-state index contributed by atoms with van der Waals surface area (Å²) in [6.07, 6.45) is 3.64. The van der Waals surface area contributed by atoms with Crippen LogP contribution in [0.3, 0.4) is 0 Å². The van der Waals surface area contributed by atoms with E-state index < -0.39 is 35.5 Å². The molecule has 0 saturated carbocycles. The van der Waals surface area contributed by atoms with Crippen LogP contribution in [0, 0.1) is 11.6 Å². The molecule has 1 N–H and O–H groups in total. The minimum absolute atomic E-state index is 0.00193. The normalized spacial score (nSPS) is 20.7. The first-order chi connectivity index (χ1) is 26.2. The van der Waals surface area contributed by atoms with Crippen molar-refractivity contribution in [2.45, 2.75) is 44.3 Å². The predicted molar refractivity (Wildman–Crippen MR) is 193 cm³/mol. The Bertz CT molecular complexity index is 2360. The number of anilines is 2. The average molecular weight is 732 g/mol. The summed E-state index contributed by atoms with van der Waals surface area (Å²) in [6, 6.07) is 18.2. The van der Waals surface area contributed by atoms with Crippen LogP contribution in [-0.2, 0) is 16.1 Å². The second kappa shape index (κ2) is 13.4. The van der Waals surface area contributed by atoms with Gasteiger partial charge >= 0.3 is 0 Å². The molecule has 13 nitrogen and oxygen atoms in total. The molecule has 2 atom stereocenters. The van der Waals surface area contributed by atoms with E-state index in [4.69, 9.17) is 10.1 Å². The van der Waals surface area contributed by atoms with Crippen molar-refractivity contribution in [3.8, 4) is 11.4 Å². The fourth-order valence-electron chi connectivity index (χ4n) is 8.12. The number of piperazine rings is 1. The van der Waals surface area contributed by atoms with E-state index in [1.54, 1.807) is 22.8 Å². The van der Waals surface area contributed by atoms with Gasteiger partial charge in [0.05, 0.1) is 29.1 Å². The number of piperidine rings is 1. The fourth-order valence-corrected chi connectivity index (χ4v) is 8.12. The Kier molecular flexibility index (Phi) is 8.37. The van der Waals surface area contributed by atoms with Gasteiger partial charge < -0.3 is 9.80 Å². The van der Waals surface area contributed by atoms with Crippen molar-refractivity contribution in [1.29, 1.82) is 0 Å². The molecule has 7 heterocycles. The number of hydrogen-bond donors (Lipinski definition) is 1. The molecule has 15 heteroatoms. The van der Waals surface area contributed by atoms with Crippen molar-refractivity contribution < 1.29 is 28.0 Å². The average Bonchev–Trinajstić information content (AvgIpc) is 3.89. The van der Waals surface area contributed by atoms with Crippen molar-refractivity contribution in [2.75, 3.05) is 42.5 Å². The molecule has 3 aromatic heterocycles. The van der Waals surface area contributed by atoms with Crippen LogP contribution in [0.1, 0.15) is 63.6 Å². The summed E-state index contributed by atoms with van der Waals surface area (Å²) in [5.74, 6) is -2.29. The van der Waals surface area contributed by atoms with Crippen LogP contribution in [0.15, 0.2) is 72.9 Å². The van der Waals surface area contributed by atoms with Crippen molar-refractivity contribution in [1.82, 2.24) is 34.7 Å². The number of carbonyl (C=O) groups is 4. The number of rotatable bonds is 7. The number of nitrogens with one attached hydrogen (secondary N) is 1. The second-order valence-electron chi connectivity index (χ2n) is 14.1. The van der Waals surface area contributed by atoms with Crippen LogP contribution in [0.5, 0.6) is 0 Å². The number of pyridine rings is 1. The van der Waals surface area contributed by atoms with Gasteiger partial charge in [0.2, 0.25) is 11.8 Å². The third-order valence-corrected chi connectivity index (χ3v) is 10.8. The van der Waals surface area contributed by atoms with Gasteiger partial charge in [-0.15, -0.1) is 5.10 Å². The van der Waals surface area contributed by atoms with E-state index in [2.05, 4.69) is 25.0 Å². The topological polar surface area (TPSA) is 136 Å². The first-order valence-electron chi connectivity index (χ1n) is 18.1. The first kappa shape index (κ1) is 33.7. The number of benzene rings is 2. The highest BCUT2D eigenvalue weighted by atomic mass is 19.1. The number of fused-ring (bicyclic) bond motifs is 2. The summed E-state index contributed by atoms with van der Waals surface area (Å²) < 4.78 is 31.2. The lowest BCUT2D eigenvalue weighted by Gasteiger charge is -2.35. The molecule has 0 radical (unpaired) electrons. The number of amides is 4. The van der Waals surface area contributed by atoms with Crippen molar-refractivity contribution in [3.63, 3.8) is 0 Å². The zero-order valence-electron chi connectivity index (χ0n) is 29.1. The summed E-state index contributed by atoms with van der Waals surface area (Å²) >= 11 is 0. The van der Waals surface area contributed by atoms with Gasteiger partial charge in [0, 0.05) is 45.7 Å². The number of aromatic nitrogens is 4. The van der Waals surface area contributed by atoms with Gasteiger partial charge in [0.1, 0.15) is 35.0 Å². The van der Waals surface area contributed by atoms with E-state index >= 15 is 4.39 Å². The van der Waals surface area contributed by atoms with Crippen LogP contribution in [0.2, 0.25) is 0 Å². The van der Waals surface area contributed by atoms with Gasteiger partial charge in [-0.1, -0.05) is 18.2 Å². The minimum atomic E-state index is -1.16. The summed E-state index contributed by atoms with van der Waals surface area (Å²) in [5.41, 5.74) is 3.21. The molecule has 2 aromatic carbocycles. The molecule has 0 aliphatic carbocycles. The van der Waals surface area contributed by atoms with Crippen molar-refractivity contribution in [2.24, 2.45) is 0 Å². The van der Waals surface area contributed by atoms with E-state index in [9.17, 15) is 23.6 Å². The zero-order valence-corrected chi connectivity index (χ0v) is 29.1. The molecule has 3 saturated heterocycles. The van der Waals surface area contributed by atoms with E-state index in [0.29, 0.717) is 43.9 Å². The Labute approximate surface area is 308 Å². The van der Waals surface area contributed by atoms with Gasteiger partial charge in [-0.2, -0.15) is 0 Å². The van der Waals surface area contributed by atoms with E-state index in [1.807, 2.05) is 36.4 Å². The van der Waals surface area contributed by atoms with E-state index in [0.717, 1.165) is 52.9 Å². The van der Waals surface area contributed by atoms with Gasteiger partial charge in [0.25, 0.3) is 11.8 Å². The summed E-state index contributed by atoms with van der Waals surface area (Å²) in [7, 11) is 0. The van der Waals surface area contributed by atoms with Crippen LogP contribution in [-0.4, -0.2) is 91.8 Å². The quantitative estimate of drug-likeness (QED) is 0.244. The standard InChI is InChI=1S/C39H35F2N9O4/c40-25-5-1-4-24(20-25)29-7-3-13-48(29)34-11-10-32-42-21-31(50(32)45-34)28-6-2-8-33(43-28)47-16-14-46(15-17-47)22-23-18-26-36(27(41)19-23)39(54)49(38(26)53)30-9-12-35(51)44-37(30)52/h1-2,4-6,8,10-11,18-21,29-30H,3,7,9,12-17,22H2,(H,44,51,52)/t29-,30?/m1/s1. The third-order valence-electron chi connectivity index (χ3n) is 10.8.